The van der Waals surface area contributed by atoms with E-state index in [0.29, 0.717) is 0 Å². The van der Waals surface area contributed by atoms with Gasteiger partial charge in [0.1, 0.15) is 0 Å². The van der Waals surface area contributed by atoms with Crippen molar-refractivity contribution in [3.63, 3.8) is 0 Å². The molecule has 4 aromatic carbocycles. The van der Waals surface area contributed by atoms with Crippen LogP contribution in [0.3, 0.4) is 0 Å². The Morgan fingerprint density at radius 1 is 0.567 bits per heavy atom. The zero-order valence-electron chi connectivity index (χ0n) is 18.0. The second kappa shape index (κ2) is 7.61. The van der Waals surface area contributed by atoms with Crippen molar-refractivity contribution in [2.45, 2.75) is 13.8 Å². The number of aromatic nitrogens is 2. The maximum atomic E-state index is 4.00. The third-order valence-corrected chi connectivity index (χ3v) is 5.90. The van der Waals surface area contributed by atoms with Gasteiger partial charge in [0.05, 0.1) is 5.52 Å². The van der Waals surface area contributed by atoms with Gasteiger partial charge >= 0.3 is 0 Å². The minimum atomic E-state index is 1.28. The number of hydrogen-bond acceptors (Lipinski definition) is 0. The molecule has 6 rings (SSSR count). The highest BCUT2D eigenvalue weighted by molar-refractivity contribution is 6.35. The van der Waals surface area contributed by atoms with E-state index >= 15 is 0 Å². The van der Waals surface area contributed by atoms with Gasteiger partial charge in [-0.25, -0.2) is 0 Å². The van der Waals surface area contributed by atoms with Gasteiger partial charge in [0.25, 0.3) is 0 Å². The number of fused-ring (bicyclic) bond motifs is 10. The van der Waals surface area contributed by atoms with E-state index in [1.54, 1.807) is 0 Å². The quantitative estimate of drug-likeness (QED) is 0.189. The lowest BCUT2D eigenvalue weighted by molar-refractivity contribution is 0.969. The first kappa shape index (κ1) is 19.6. The van der Waals surface area contributed by atoms with Crippen LogP contribution in [0.1, 0.15) is 13.8 Å². The molecule has 2 aromatic heterocycles. The van der Waals surface area contributed by atoms with Crippen LogP contribution in [-0.4, -0.2) is 9.13 Å². The second-order valence-corrected chi connectivity index (χ2v) is 7.19. The number of aryl methyl sites for hydroxylation is 2. The van der Waals surface area contributed by atoms with E-state index in [1.165, 1.54) is 54.3 Å². The lowest BCUT2D eigenvalue weighted by Gasteiger charge is -2.10. The summed E-state index contributed by atoms with van der Waals surface area (Å²) in [4.78, 5) is 0. The summed E-state index contributed by atoms with van der Waals surface area (Å²) in [6.45, 7) is 4.00. The van der Waals surface area contributed by atoms with E-state index in [-0.39, 0.29) is 0 Å². The van der Waals surface area contributed by atoms with E-state index in [9.17, 15) is 0 Å². The second-order valence-electron chi connectivity index (χ2n) is 7.19. The third kappa shape index (κ3) is 2.52. The van der Waals surface area contributed by atoms with E-state index in [2.05, 4.69) is 109 Å². The molecule has 0 saturated carbocycles. The largest absolute Gasteiger partial charge is 0.351 e. The zero-order chi connectivity index (χ0) is 21.4. The maximum Gasteiger partial charge on any atom is 0.0574 e. The number of benzene rings is 4. The van der Waals surface area contributed by atoms with Gasteiger partial charge in [0.2, 0.25) is 0 Å². The van der Waals surface area contributed by atoms with Crippen LogP contribution in [0.5, 0.6) is 0 Å². The molecule has 0 amide bonds. The minimum Gasteiger partial charge on any atom is -0.351 e. The van der Waals surface area contributed by atoms with Gasteiger partial charge in [-0.3, -0.25) is 0 Å². The maximum absolute atomic E-state index is 4.00. The number of rotatable bonds is 0. The van der Waals surface area contributed by atoms with Crippen LogP contribution < -0.4 is 0 Å². The molecular weight excluding hydrogens is 364 g/mol. The fourth-order valence-corrected chi connectivity index (χ4v) is 4.74. The molecule has 2 heterocycles. The third-order valence-electron chi connectivity index (χ3n) is 5.90. The molecule has 148 valence electrons. The van der Waals surface area contributed by atoms with Crippen LogP contribution in [0.15, 0.2) is 72.9 Å². The first-order chi connectivity index (χ1) is 14.8. The van der Waals surface area contributed by atoms with Gasteiger partial charge in [0, 0.05) is 52.9 Å². The van der Waals surface area contributed by atoms with Gasteiger partial charge in [-0.05, 0) is 34.4 Å². The van der Waals surface area contributed by atoms with Gasteiger partial charge < -0.3 is 9.13 Å². The van der Waals surface area contributed by atoms with Crippen LogP contribution >= 0.6 is 0 Å². The molecule has 0 radical (unpaired) electrons. The van der Waals surface area contributed by atoms with E-state index in [4.69, 9.17) is 0 Å². The number of para-hydroxylation sites is 1. The van der Waals surface area contributed by atoms with Crippen LogP contribution in [0.25, 0.3) is 54.3 Å². The monoisotopic (exact) mass is 390 g/mol. The Kier molecular flexibility index (Phi) is 4.98. The number of hydrogen-bond donors (Lipinski definition) is 0. The predicted octanol–water partition coefficient (Wildman–Crippen LogP) is 7.41. The van der Waals surface area contributed by atoms with Crippen molar-refractivity contribution in [3.05, 3.63) is 72.9 Å². The molecule has 0 aliphatic rings. The fraction of sp³-hybridized carbons (Fsp3) is 0.143. The van der Waals surface area contributed by atoms with Gasteiger partial charge in [0.15, 0.2) is 0 Å². The minimum absolute atomic E-state index is 1.28. The molecular formula is C28H26N2. The summed E-state index contributed by atoms with van der Waals surface area (Å²) in [5, 5.41) is 9.38. The molecule has 0 aliphatic carbocycles. The number of terminal acetylenes is 1. The van der Waals surface area contributed by atoms with Crippen molar-refractivity contribution in [1.29, 1.82) is 0 Å². The molecule has 0 fully saturated rings. The SMILES string of the molecule is C#C.CC.Cn1ccc2c3c4ccccc4c4c(c3ccc21)c1ccccc1n4C. The normalized spacial score (nSPS) is 10.9. The molecule has 0 unspecified atom stereocenters. The van der Waals surface area contributed by atoms with Crippen molar-refractivity contribution in [3.8, 4) is 12.8 Å². The molecule has 0 atom stereocenters. The molecule has 0 bridgehead atoms. The lowest BCUT2D eigenvalue weighted by Crippen LogP contribution is -1.90. The van der Waals surface area contributed by atoms with Gasteiger partial charge in [-0.15, -0.1) is 12.8 Å². The average molecular weight is 391 g/mol. The van der Waals surface area contributed by atoms with Crippen molar-refractivity contribution >= 4 is 54.3 Å². The summed E-state index contributed by atoms with van der Waals surface area (Å²) in [7, 11) is 4.30. The van der Waals surface area contributed by atoms with Crippen LogP contribution in [0, 0.1) is 12.8 Å². The van der Waals surface area contributed by atoms with Crippen LogP contribution in [-0.2, 0) is 14.1 Å². The van der Waals surface area contributed by atoms with Crippen LogP contribution in [0.4, 0.5) is 0 Å². The Labute approximate surface area is 177 Å². The highest BCUT2D eigenvalue weighted by Gasteiger charge is 2.17. The highest BCUT2D eigenvalue weighted by Crippen LogP contribution is 2.42. The lowest BCUT2D eigenvalue weighted by atomic mass is 9.94. The van der Waals surface area contributed by atoms with E-state index < -0.39 is 0 Å². The van der Waals surface area contributed by atoms with Crippen molar-refractivity contribution in [1.82, 2.24) is 9.13 Å². The fourth-order valence-electron chi connectivity index (χ4n) is 4.74. The highest BCUT2D eigenvalue weighted by atomic mass is 14.9. The molecule has 0 aliphatic heterocycles. The van der Waals surface area contributed by atoms with Gasteiger partial charge in [-0.2, -0.15) is 0 Å². The average Bonchev–Trinajstić information content (AvgIpc) is 3.35. The molecule has 0 spiro atoms. The Morgan fingerprint density at radius 2 is 1.17 bits per heavy atom. The molecule has 6 aromatic rings. The Balaban J connectivity index is 0.000000516. The molecule has 2 nitrogen and oxygen atoms in total. The summed E-state index contributed by atoms with van der Waals surface area (Å²) >= 11 is 0. The Bertz CT molecular complexity index is 1540. The summed E-state index contributed by atoms with van der Waals surface area (Å²) in [6.07, 6.45) is 10.2. The van der Waals surface area contributed by atoms with Crippen LogP contribution in [0.2, 0.25) is 0 Å². The molecule has 0 saturated heterocycles. The summed E-state index contributed by atoms with van der Waals surface area (Å²) in [6, 6.07) is 24.4. The van der Waals surface area contributed by atoms with Gasteiger partial charge in [-0.1, -0.05) is 62.4 Å². The first-order valence-corrected chi connectivity index (χ1v) is 10.3. The first-order valence-electron chi connectivity index (χ1n) is 10.3. The Hall–Kier alpha value is -3.70. The van der Waals surface area contributed by atoms with E-state index in [1.807, 2.05) is 13.8 Å². The summed E-state index contributed by atoms with van der Waals surface area (Å²) in [5.41, 5.74) is 3.89. The summed E-state index contributed by atoms with van der Waals surface area (Å²) in [5.74, 6) is 0. The zero-order valence-corrected chi connectivity index (χ0v) is 18.0. The standard InChI is InChI=1S/C24H18N2.C2H6.C2H2/c1-25-14-13-18-20(25)12-11-19-22(18)15-7-3-4-8-16(15)24-23(19)17-9-5-6-10-21(17)26(24)2;2*1-2/h3-14H,1-2H3;1-2H3;1-2H. The topological polar surface area (TPSA) is 9.86 Å². The number of nitrogens with zero attached hydrogens (tertiary/aromatic N) is 2. The van der Waals surface area contributed by atoms with Crippen molar-refractivity contribution < 1.29 is 0 Å². The summed E-state index contributed by atoms with van der Waals surface area (Å²) < 4.78 is 4.55. The van der Waals surface area contributed by atoms with Crippen molar-refractivity contribution in [2.24, 2.45) is 14.1 Å². The molecule has 0 N–H and O–H groups in total. The van der Waals surface area contributed by atoms with E-state index in [0.717, 1.165) is 0 Å². The predicted molar refractivity (Wildman–Crippen MR) is 133 cm³/mol. The smallest absolute Gasteiger partial charge is 0.0574 e. The van der Waals surface area contributed by atoms with Crippen molar-refractivity contribution in [2.75, 3.05) is 0 Å². The molecule has 2 heteroatoms. The Morgan fingerprint density at radius 3 is 1.90 bits per heavy atom. The molecule has 30 heavy (non-hydrogen) atoms.